The summed E-state index contributed by atoms with van der Waals surface area (Å²) in [5.41, 5.74) is 0. The number of carboxylic acids is 2. The Kier molecular flexibility index (Phi) is 7.80. The predicted molar refractivity (Wildman–Crippen MR) is 70.6 cm³/mol. The average Bonchev–Trinajstić information content (AvgIpc) is 2.41. The third-order valence-corrected chi connectivity index (χ3v) is 2.74. The van der Waals surface area contributed by atoms with E-state index in [1.165, 1.54) is 14.2 Å². The molecule has 120 valence electrons. The normalized spacial score (nSPS) is 12.9. The van der Waals surface area contributed by atoms with E-state index in [9.17, 15) is 19.2 Å². The number of aliphatic carboxylic acids is 2. The molecule has 2 atom stereocenters. The Morgan fingerprint density at radius 1 is 1.24 bits per heavy atom. The molecule has 0 bridgehead atoms. The van der Waals surface area contributed by atoms with Crippen LogP contribution in [0.2, 0.25) is 0 Å². The molecule has 9 heteroatoms. The fourth-order valence-corrected chi connectivity index (χ4v) is 1.55. The molecule has 0 rings (SSSR count). The van der Waals surface area contributed by atoms with Crippen molar-refractivity contribution in [1.29, 1.82) is 0 Å². The molecule has 0 radical (unpaired) electrons. The number of methoxy groups -OCH3 is 1. The smallest absolute Gasteiger partial charge is 0.326 e. The summed E-state index contributed by atoms with van der Waals surface area (Å²) in [6, 6.07) is -2.01. The van der Waals surface area contributed by atoms with Crippen LogP contribution < -0.4 is 5.32 Å². The summed E-state index contributed by atoms with van der Waals surface area (Å²) in [5, 5.41) is 19.7. The van der Waals surface area contributed by atoms with Gasteiger partial charge in [-0.1, -0.05) is 6.92 Å². The van der Waals surface area contributed by atoms with Crippen LogP contribution >= 0.6 is 0 Å². The first-order valence-corrected chi connectivity index (χ1v) is 6.23. The Labute approximate surface area is 121 Å². The van der Waals surface area contributed by atoms with Gasteiger partial charge in [0.05, 0.1) is 13.0 Å². The predicted octanol–water partition coefficient (Wildman–Crippen LogP) is -0.245. The second kappa shape index (κ2) is 8.77. The van der Waals surface area contributed by atoms with E-state index < -0.39 is 35.9 Å². The molecule has 0 aromatic heterocycles. The third kappa shape index (κ3) is 7.14. The molecule has 0 aliphatic rings. The van der Waals surface area contributed by atoms with Gasteiger partial charge in [-0.3, -0.25) is 9.59 Å². The van der Waals surface area contributed by atoms with E-state index in [4.69, 9.17) is 10.2 Å². The summed E-state index contributed by atoms with van der Waals surface area (Å²) in [5.74, 6) is -3.52. The van der Waals surface area contributed by atoms with Gasteiger partial charge in [-0.2, -0.15) is 0 Å². The maximum atomic E-state index is 11.8. The minimum atomic E-state index is -1.32. The van der Waals surface area contributed by atoms with Crippen LogP contribution in [0.15, 0.2) is 0 Å². The van der Waals surface area contributed by atoms with Crippen LogP contribution in [0.1, 0.15) is 19.8 Å². The zero-order valence-electron chi connectivity index (χ0n) is 12.2. The number of nitrogens with one attached hydrogen (secondary N) is 1. The van der Waals surface area contributed by atoms with Gasteiger partial charge in [0.1, 0.15) is 6.04 Å². The number of amides is 2. The highest BCUT2D eigenvalue weighted by molar-refractivity contribution is 5.83. The standard InChI is InChI=1S/C12H20N2O7/c1-7(11(19)21-3)6-14(2)12(20)13-8(10(17)18)4-5-9(15)16/h7-8H,4-6H2,1-3H3,(H,13,20)(H,15,16)(H,17,18)/t7?,8-/m0/s1. The average molecular weight is 304 g/mol. The number of esters is 1. The minimum Gasteiger partial charge on any atom is -0.481 e. The number of carbonyl (C=O) groups excluding carboxylic acids is 2. The largest absolute Gasteiger partial charge is 0.481 e. The molecule has 0 saturated heterocycles. The van der Waals surface area contributed by atoms with Crippen molar-refractivity contribution in [3.63, 3.8) is 0 Å². The Morgan fingerprint density at radius 2 is 1.81 bits per heavy atom. The zero-order valence-corrected chi connectivity index (χ0v) is 12.2. The van der Waals surface area contributed by atoms with Crippen LogP contribution in [0.4, 0.5) is 4.79 Å². The molecule has 0 spiro atoms. The number of carbonyl (C=O) groups is 4. The number of hydrogen-bond donors (Lipinski definition) is 3. The molecule has 2 amide bonds. The monoisotopic (exact) mass is 304 g/mol. The second-order valence-corrected chi connectivity index (χ2v) is 4.58. The number of nitrogens with zero attached hydrogens (tertiary/aromatic N) is 1. The molecule has 21 heavy (non-hydrogen) atoms. The molecular weight excluding hydrogens is 284 g/mol. The van der Waals surface area contributed by atoms with Crippen LogP contribution in [-0.4, -0.2) is 65.8 Å². The molecule has 0 heterocycles. The molecule has 9 nitrogen and oxygen atoms in total. The van der Waals surface area contributed by atoms with E-state index in [2.05, 4.69) is 10.1 Å². The molecule has 0 aromatic rings. The molecule has 0 aromatic carbocycles. The first kappa shape index (κ1) is 18.7. The quantitative estimate of drug-likeness (QED) is 0.527. The molecule has 0 saturated carbocycles. The van der Waals surface area contributed by atoms with Crippen molar-refractivity contribution in [1.82, 2.24) is 10.2 Å². The van der Waals surface area contributed by atoms with Crippen LogP contribution in [0.25, 0.3) is 0 Å². The maximum absolute atomic E-state index is 11.8. The van der Waals surface area contributed by atoms with Crippen molar-refractivity contribution in [2.24, 2.45) is 5.92 Å². The Bertz CT molecular complexity index is 410. The fraction of sp³-hybridized carbons (Fsp3) is 0.667. The Balaban J connectivity index is 4.50. The van der Waals surface area contributed by atoms with E-state index in [0.29, 0.717) is 0 Å². The number of carboxylic acid groups (broad SMARTS) is 2. The van der Waals surface area contributed by atoms with Crippen molar-refractivity contribution in [3.8, 4) is 0 Å². The summed E-state index contributed by atoms with van der Waals surface area (Å²) in [6.07, 6.45) is -0.601. The molecule has 0 aliphatic heterocycles. The van der Waals surface area contributed by atoms with Crippen LogP contribution in [0, 0.1) is 5.92 Å². The highest BCUT2D eigenvalue weighted by atomic mass is 16.5. The summed E-state index contributed by atoms with van der Waals surface area (Å²) < 4.78 is 4.52. The van der Waals surface area contributed by atoms with E-state index >= 15 is 0 Å². The maximum Gasteiger partial charge on any atom is 0.326 e. The van der Waals surface area contributed by atoms with Gasteiger partial charge in [0.25, 0.3) is 0 Å². The summed E-state index contributed by atoms with van der Waals surface area (Å²) in [4.78, 5) is 45.6. The van der Waals surface area contributed by atoms with Gasteiger partial charge in [0, 0.05) is 20.0 Å². The van der Waals surface area contributed by atoms with E-state index in [0.717, 1.165) is 4.90 Å². The van der Waals surface area contributed by atoms with Crippen LogP contribution in [0.5, 0.6) is 0 Å². The summed E-state index contributed by atoms with van der Waals surface area (Å²) >= 11 is 0. The van der Waals surface area contributed by atoms with Gasteiger partial charge in [-0.15, -0.1) is 0 Å². The molecular formula is C12H20N2O7. The van der Waals surface area contributed by atoms with Gasteiger partial charge in [-0.25, -0.2) is 9.59 Å². The lowest BCUT2D eigenvalue weighted by Gasteiger charge is -2.23. The van der Waals surface area contributed by atoms with Crippen molar-refractivity contribution in [2.75, 3.05) is 20.7 Å². The summed E-state index contributed by atoms with van der Waals surface area (Å²) in [7, 11) is 2.62. The number of rotatable bonds is 8. The number of hydrogen-bond acceptors (Lipinski definition) is 5. The van der Waals surface area contributed by atoms with E-state index in [1.807, 2.05) is 0 Å². The van der Waals surface area contributed by atoms with Crippen molar-refractivity contribution in [3.05, 3.63) is 0 Å². The minimum absolute atomic E-state index is 0.0454. The lowest BCUT2D eigenvalue weighted by atomic mass is 10.1. The first-order chi connectivity index (χ1) is 9.68. The zero-order chi connectivity index (χ0) is 16.6. The van der Waals surface area contributed by atoms with Crippen molar-refractivity contribution in [2.45, 2.75) is 25.8 Å². The molecule has 3 N–H and O–H groups in total. The fourth-order valence-electron chi connectivity index (χ4n) is 1.55. The van der Waals surface area contributed by atoms with Crippen molar-refractivity contribution >= 4 is 23.9 Å². The lowest BCUT2D eigenvalue weighted by Crippen LogP contribution is -2.48. The van der Waals surface area contributed by atoms with Gasteiger partial charge >= 0.3 is 23.9 Å². The first-order valence-electron chi connectivity index (χ1n) is 6.23. The lowest BCUT2D eigenvalue weighted by molar-refractivity contribution is -0.145. The van der Waals surface area contributed by atoms with Crippen molar-refractivity contribution < 1.29 is 34.1 Å². The number of ether oxygens (including phenoxy) is 1. The van der Waals surface area contributed by atoms with Gasteiger partial charge < -0.3 is 25.2 Å². The Hall–Kier alpha value is -2.32. The molecule has 0 aliphatic carbocycles. The SMILES string of the molecule is COC(=O)C(C)CN(C)C(=O)N[C@@H](CCC(=O)O)C(=O)O. The molecule has 1 unspecified atom stereocenters. The molecule has 0 fully saturated rings. The second-order valence-electron chi connectivity index (χ2n) is 4.58. The third-order valence-electron chi connectivity index (χ3n) is 2.74. The van der Waals surface area contributed by atoms with Gasteiger partial charge in [0.2, 0.25) is 0 Å². The topological polar surface area (TPSA) is 133 Å². The van der Waals surface area contributed by atoms with E-state index in [-0.39, 0.29) is 19.4 Å². The highest BCUT2D eigenvalue weighted by Gasteiger charge is 2.24. The van der Waals surface area contributed by atoms with Crippen LogP contribution in [0.3, 0.4) is 0 Å². The van der Waals surface area contributed by atoms with Gasteiger partial charge in [-0.05, 0) is 6.42 Å². The summed E-state index contributed by atoms with van der Waals surface area (Å²) in [6.45, 7) is 1.61. The van der Waals surface area contributed by atoms with Gasteiger partial charge in [0.15, 0.2) is 0 Å². The Morgan fingerprint density at radius 3 is 2.24 bits per heavy atom. The van der Waals surface area contributed by atoms with Crippen LogP contribution in [-0.2, 0) is 19.1 Å². The van der Waals surface area contributed by atoms with E-state index in [1.54, 1.807) is 6.92 Å². The number of urea groups is 1. The highest BCUT2D eigenvalue weighted by Crippen LogP contribution is 2.03.